The van der Waals surface area contributed by atoms with E-state index >= 15 is 0 Å². The molecule has 1 aliphatic rings. The van der Waals surface area contributed by atoms with Crippen LogP contribution in [0.3, 0.4) is 0 Å². The number of amides is 1. The predicted octanol–water partition coefficient (Wildman–Crippen LogP) is 2.30. The Morgan fingerprint density at radius 1 is 1.28 bits per heavy atom. The largest absolute Gasteiger partial charge is 0.331 e. The fourth-order valence-corrected chi connectivity index (χ4v) is 3.86. The van der Waals surface area contributed by atoms with Crippen LogP contribution in [0.4, 0.5) is 0 Å². The molecular weight excluding hydrogens is 316 g/mol. The van der Waals surface area contributed by atoms with E-state index in [0.29, 0.717) is 5.56 Å². The Hall–Kier alpha value is -2.70. The number of aryl methyl sites for hydroxylation is 4. The first kappa shape index (κ1) is 15.8. The van der Waals surface area contributed by atoms with Crippen molar-refractivity contribution in [1.82, 2.24) is 29.4 Å². The highest BCUT2D eigenvalue weighted by molar-refractivity contribution is 6.06. The van der Waals surface area contributed by atoms with Crippen molar-refractivity contribution in [2.24, 2.45) is 14.1 Å². The molecule has 3 aromatic rings. The van der Waals surface area contributed by atoms with Gasteiger partial charge in [-0.1, -0.05) is 0 Å². The Morgan fingerprint density at radius 2 is 2.08 bits per heavy atom. The second kappa shape index (κ2) is 5.68. The van der Waals surface area contributed by atoms with Crippen LogP contribution in [0.15, 0.2) is 18.5 Å². The highest BCUT2D eigenvalue weighted by Crippen LogP contribution is 2.34. The molecule has 1 atom stereocenters. The third kappa shape index (κ3) is 2.50. The van der Waals surface area contributed by atoms with Gasteiger partial charge in [-0.3, -0.25) is 14.2 Å². The van der Waals surface area contributed by atoms with Gasteiger partial charge in [-0.25, -0.2) is 4.98 Å². The Labute approximate surface area is 146 Å². The summed E-state index contributed by atoms with van der Waals surface area (Å²) in [6.07, 6.45) is 5.83. The number of carbonyl (C=O) groups excluding carboxylic acids is 1. The number of nitrogens with zero attached hydrogens (tertiary/aromatic N) is 6. The number of hydrogen-bond acceptors (Lipinski definition) is 4. The lowest BCUT2D eigenvalue weighted by Crippen LogP contribution is -2.30. The first-order chi connectivity index (χ1) is 12.0. The molecule has 4 heterocycles. The minimum Gasteiger partial charge on any atom is -0.331 e. The second-order valence-corrected chi connectivity index (χ2v) is 6.82. The van der Waals surface area contributed by atoms with E-state index < -0.39 is 0 Å². The lowest BCUT2D eigenvalue weighted by molar-refractivity contribution is 0.0737. The van der Waals surface area contributed by atoms with Crippen molar-refractivity contribution < 1.29 is 4.79 Å². The van der Waals surface area contributed by atoms with Crippen molar-refractivity contribution in [2.45, 2.75) is 32.7 Å². The molecule has 0 unspecified atom stereocenters. The summed E-state index contributed by atoms with van der Waals surface area (Å²) in [7, 11) is 3.77. The van der Waals surface area contributed by atoms with Crippen LogP contribution in [-0.4, -0.2) is 41.9 Å². The third-order valence-corrected chi connectivity index (χ3v) is 4.95. The fraction of sp³-hybridized carbons (Fsp3) is 0.444. The molecule has 1 fully saturated rings. The standard InChI is InChI=1S/C18H22N6O/c1-11-8-14(16-12(2)21-23(4)17(16)20-11)18(25)24-7-5-6-15(24)13-9-19-22(3)10-13/h8-10,15H,5-7H2,1-4H3/t15-/m1/s1. The van der Waals surface area contributed by atoms with Crippen molar-refractivity contribution in [3.63, 3.8) is 0 Å². The first-order valence-corrected chi connectivity index (χ1v) is 8.56. The number of rotatable bonds is 2. The van der Waals surface area contributed by atoms with Gasteiger partial charge < -0.3 is 4.90 Å². The summed E-state index contributed by atoms with van der Waals surface area (Å²) in [6.45, 7) is 4.61. The molecule has 25 heavy (non-hydrogen) atoms. The molecule has 4 rings (SSSR count). The van der Waals surface area contributed by atoms with Gasteiger partial charge in [0, 0.05) is 38.1 Å². The maximum atomic E-state index is 13.4. The molecule has 1 amide bonds. The summed E-state index contributed by atoms with van der Waals surface area (Å²) in [5.74, 6) is 0.0537. The van der Waals surface area contributed by atoms with Gasteiger partial charge in [-0.05, 0) is 32.8 Å². The average Bonchev–Trinajstić information content (AvgIpc) is 3.26. The van der Waals surface area contributed by atoms with Crippen LogP contribution in [-0.2, 0) is 14.1 Å². The van der Waals surface area contributed by atoms with Gasteiger partial charge in [0.1, 0.15) is 0 Å². The quantitative estimate of drug-likeness (QED) is 0.719. The fourth-order valence-electron chi connectivity index (χ4n) is 3.86. The molecule has 0 saturated carbocycles. The zero-order valence-corrected chi connectivity index (χ0v) is 15.0. The van der Waals surface area contributed by atoms with Crippen molar-refractivity contribution in [3.8, 4) is 0 Å². The predicted molar refractivity (Wildman–Crippen MR) is 94.2 cm³/mol. The zero-order chi connectivity index (χ0) is 17.7. The second-order valence-electron chi connectivity index (χ2n) is 6.82. The Morgan fingerprint density at radius 3 is 2.80 bits per heavy atom. The maximum Gasteiger partial charge on any atom is 0.255 e. The SMILES string of the molecule is Cc1cc(C(=O)N2CCC[C@@H]2c2cnn(C)c2)c2c(C)nn(C)c2n1. The lowest BCUT2D eigenvalue weighted by Gasteiger charge is -2.24. The molecule has 7 nitrogen and oxygen atoms in total. The molecule has 0 radical (unpaired) electrons. The van der Waals surface area contributed by atoms with Gasteiger partial charge in [0.25, 0.3) is 5.91 Å². The maximum absolute atomic E-state index is 13.4. The first-order valence-electron chi connectivity index (χ1n) is 8.56. The minimum absolute atomic E-state index is 0.0537. The van der Waals surface area contributed by atoms with Crippen LogP contribution in [0.1, 0.15) is 46.2 Å². The number of carbonyl (C=O) groups is 1. The normalized spacial score (nSPS) is 17.6. The number of pyridine rings is 1. The van der Waals surface area contributed by atoms with E-state index in [1.807, 2.05) is 51.3 Å². The van der Waals surface area contributed by atoms with Gasteiger partial charge >= 0.3 is 0 Å². The average molecular weight is 338 g/mol. The molecule has 0 aliphatic carbocycles. The van der Waals surface area contributed by atoms with Crippen LogP contribution in [0.5, 0.6) is 0 Å². The van der Waals surface area contributed by atoms with Crippen LogP contribution in [0.25, 0.3) is 11.0 Å². The van der Waals surface area contributed by atoms with Crippen molar-refractivity contribution in [1.29, 1.82) is 0 Å². The molecule has 0 bridgehead atoms. The molecule has 7 heteroatoms. The van der Waals surface area contributed by atoms with Crippen LogP contribution in [0, 0.1) is 13.8 Å². The van der Waals surface area contributed by atoms with Crippen LogP contribution in [0.2, 0.25) is 0 Å². The Bertz CT molecular complexity index is 970. The molecular formula is C18H22N6O. The minimum atomic E-state index is 0.0537. The Kier molecular flexibility index (Phi) is 3.59. The summed E-state index contributed by atoms with van der Waals surface area (Å²) >= 11 is 0. The smallest absolute Gasteiger partial charge is 0.255 e. The number of fused-ring (bicyclic) bond motifs is 1. The van der Waals surface area contributed by atoms with Crippen molar-refractivity contribution >= 4 is 16.9 Å². The van der Waals surface area contributed by atoms with Gasteiger partial charge in [-0.15, -0.1) is 0 Å². The molecule has 130 valence electrons. The summed E-state index contributed by atoms with van der Waals surface area (Å²) in [4.78, 5) is 19.9. The molecule has 0 spiro atoms. The number of hydrogen-bond donors (Lipinski definition) is 0. The van der Waals surface area contributed by atoms with E-state index in [1.165, 1.54) is 0 Å². The van der Waals surface area contributed by atoms with Gasteiger partial charge in [-0.2, -0.15) is 10.2 Å². The summed E-state index contributed by atoms with van der Waals surface area (Å²) in [5, 5.41) is 9.57. The van der Waals surface area contributed by atoms with E-state index in [4.69, 9.17) is 0 Å². The van der Waals surface area contributed by atoms with Gasteiger partial charge in [0.15, 0.2) is 5.65 Å². The van der Waals surface area contributed by atoms with E-state index in [-0.39, 0.29) is 11.9 Å². The summed E-state index contributed by atoms with van der Waals surface area (Å²) in [5.41, 5.74) is 4.22. The lowest BCUT2D eigenvalue weighted by atomic mass is 10.1. The highest BCUT2D eigenvalue weighted by Gasteiger charge is 2.33. The molecule has 3 aromatic heterocycles. The summed E-state index contributed by atoms with van der Waals surface area (Å²) < 4.78 is 3.54. The molecule has 0 aromatic carbocycles. The van der Waals surface area contributed by atoms with Crippen molar-refractivity contribution in [2.75, 3.05) is 6.54 Å². The number of likely N-dealkylation sites (tertiary alicyclic amines) is 1. The van der Waals surface area contributed by atoms with E-state index in [9.17, 15) is 4.79 Å². The van der Waals surface area contributed by atoms with Crippen LogP contribution >= 0.6 is 0 Å². The van der Waals surface area contributed by atoms with Gasteiger partial charge in [0.2, 0.25) is 0 Å². The third-order valence-electron chi connectivity index (χ3n) is 4.95. The van der Waals surface area contributed by atoms with Gasteiger partial charge in [0.05, 0.1) is 28.9 Å². The van der Waals surface area contributed by atoms with E-state index in [0.717, 1.165) is 47.4 Å². The monoisotopic (exact) mass is 338 g/mol. The molecule has 1 saturated heterocycles. The van der Waals surface area contributed by atoms with Crippen molar-refractivity contribution in [3.05, 3.63) is 41.0 Å². The van der Waals surface area contributed by atoms with Crippen LogP contribution < -0.4 is 0 Å². The molecule has 0 N–H and O–H groups in total. The topological polar surface area (TPSA) is 68.8 Å². The highest BCUT2D eigenvalue weighted by atomic mass is 16.2. The summed E-state index contributed by atoms with van der Waals surface area (Å²) in [6, 6.07) is 1.97. The Balaban J connectivity index is 1.79. The zero-order valence-electron chi connectivity index (χ0n) is 15.0. The van der Waals surface area contributed by atoms with E-state index in [1.54, 1.807) is 9.36 Å². The van der Waals surface area contributed by atoms with E-state index in [2.05, 4.69) is 15.2 Å². The number of aromatic nitrogens is 5. The molecule has 1 aliphatic heterocycles.